The van der Waals surface area contributed by atoms with Crippen LogP contribution in [0.5, 0.6) is 17.2 Å². The Labute approximate surface area is 236 Å². The summed E-state index contributed by atoms with van der Waals surface area (Å²) in [4.78, 5) is 26.0. The predicted octanol–water partition coefficient (Wildman–Crippen LogP) is 8.49. The molecule has 1 N–H and O–H groups in total. The van der Waals surface area contributed by atoms with Crippen LogP contribution in [0.15, 0.2) is 63.8 Å². The molecule has 1 heterocycles. The third-order valence-corrected chi connectivity index (χ3v) is 6.50. The highest BCUT2D eigenvalue weighted by Gasteiger charge is 2.40. The van der Waals surface area contributed by atoms with E-state index in [0.29, 0.717) is 0 Å². The van der Waals surface area contributed by atoms with Gasteiger partial charge in [-0.1, -0.05) is 52.0 Å². The summed E-state index contributed by atoms with van der Waals surface area (Å²) in [5, 5.41) is 2.80. The number of benzene rings is 3. The third-order valence-electron chi connectivity index (χ3n) is 6.50. The predicted molar refractivity (Wildman–Crippen MR) is 152 cm³/mol. The van der Waals surface area contributed by atoms with Crippen molar-refractivity contribution >= 4 is 22.6 Å². The summed E-state index contributed by atoms with van der Waals surface area (Å²) in [5.74, 6) is -2.46. The number of fused-ring (bicyclic) bond motifs is 1. The van der Waals surface area contributed by atoms with Gasteiger partial charge in [-0.25, -0.2) is 0 Å². The van der Waals surface area contributed by atoms with Crippen LogP contribution in [0.1, 0.15) is 67.5 Å². The minimum Gasteiger partial charge on any atom is -0.484 e. The third kappa shape index (κ3) is 6.73. The summed E-state index contributed by atoms with van der Waals surface area (Å²) in [6, 6.07) is 14.6. The molecule has 1 aromatic heterocycles. The molecule has 0 fully saturated rings. The molecule has 0 spiro atoms. The molecule has 0 saturated heterocycles. The van der Waals surface area contributed by atoms with Crippen LogP contribution in [0.2, 0.25) is 0 Å². The topological polar surface area (TPSA) is 77.8 Å². The molecule has 9 heteroatoms. The van der Waals surface area contributed by atoms with Gasteiger partial charge < -0.3 is 19.2 Å². The Bertz CT molecular complexity index is 1610. The smallest absolute Gasteiger partial charge is 0.453 e. The second kappa shape index (κ2) is 11.7. The Kier molecular flexibility index (Phi) is 8.47. The van der Waals surface area contributed by atoms with Crippen LogP contribution in [0.4, 0.5) is 18.9 Å². The number of para-hydroxylation sites is 1. The van der Waals surface area contributed by atoms with Crippen LogP contribution in [0.25, 0.3) is 11.0 Å². The van der Waals surface area contributed by atoms with Gasteiger partial charge in [-0.15, -0.1) is 0 Å². The van der Waals surface area contributed by atoms with Gasteiger partial charge in [0.05, 0.1) is 5.39 Å². The van der Waals surface area contributed by atoms with Crippen LogP contribution in [-0.4, -0.2) is 12.5 Å². The lowest BCUT2D eigenvalue weighted by Crippen LogP contribution is -2.22. The second-order valence-corrected chi connectivity index (χ2v) is 10.6. The molecule has 0 aliphatic carbocycles. The first-order valence-electron chi connectivity index (χ1n) is 13.2. The Morgan fingerprint density at radius 2 is 1.51 bits per heavy atom. The molecule has 1 amide bonds. The zero-order valence-corrected chi connectivity index (χ0v) is 23.7. The van der Waals surface area contributed by atoms with Gasteiger partial charge in [0.2, 0.25) is 11.2 Å². The number of alkyl halides is 3. The fraction of sp³-hybridized carbons (Fsp3) is 0.312. The molecule has 4 aromatic rings. The van der Waals surface area contributed by atoms with E-state index in [1.165, 1.54) is 24.3 Å². The zero-order valence-electron chi connectivity index (χ0n) is 23.7. The van der Waals surface area contributed by atoms with Crippen LogP contribution in [-0.2, 0) is 11.0 Å². The molecule has 4 rings (SSSR count). The summed E-state index contributed by atoms with van der Waals surface area (Å²) in [5.41, 5.74) is 2.89. The lowest BCUT2D eigenvalue weighted by atomic mass is 9.92. The number of amides is 1. The molecule has 6 nitrogen and oxygen atoms in total. The summed E-state index contributed by atoms with van der Waals surface area (Å²) < 4.78 is 58.1. The van der Waals surface area contributed by atoms with E-state index in [4.69, 9.17) is 13.9 Å². The van der Waals surface area contributed by atoms with Gasteiger partial charge in [0.25, 0.3) is 11.7 Å². The number of anilines is 1. The molecule has 41 heavy (non-hydrogen) atoms. The average molecular weight is 568 g/mol. The van der Waals surface area contributed by atoms with Gasteiger partial charge in [-0.3, -0.25) is 9.59 Å². The van der Waals surface area contributed by atoms with Crippen molar-refractivity contribution in [3.05, 3.63) is 92.8 Å². The van der Waals surface area contributed by atoms with Crippen molar-refractivity contribution in [2.75, 3.05) is 11.9 Å². The van der Waals surface area contributed by atoms with Gasteiger partial charge in [0.1, 0.15) is 17.1 Å². The van der Waals surface area contributed by atoms with Crippen molar-refractivity contribution in [3.8, 4) is 17.2 Å². The van der Waals surface area contributed by atoms with E-state index in [9.17, 15) is 22.8 Å². The van der Waals surface area contributed by atoms with Crippen molar-refractivity contribution in [3.63, 3.8) is 0 Å². The molecule has 0 radical (unpaired) electrons. The van der Waals surface area contributed by atoms with E-state index in [1.54, 1.807) is 13.8 Å². The Hall–Kier alpha value is -4.27. The Morgan fingerprint density at radius 1 is 0.902 bits per heavy atom. The standard InChI is InChI=1S/C32H32F3NO5/c1-17(2)23-8-7-9-24(18(3)4)28(23)36-27(37)16-39-21-10-11-25-26(15-21)41-31(32(33,34)35)30(29(25)38)40-22-13-19(5)12-20(6)14-22/h7-15,17-18H,16H2,1-6H3,(H,36,37). The first-order valence-corrected chi connectivity index (χ1v) is 13.2. The van der Waals surface area contributed by atoms with Crippen molar-refractivity contribution in [2.24, 2.45) is 0 Å². The van der Waals surface area contributed by atoms with Crippen LogP contribution in [0.3, 0.4) is 0 Å². The number of aryl methyl sites for hydroxylation is 2. The summed E-state index contributed by atoms with van der Waals surface area (Å²) in [7, 11) is 0. The molecule has 3 aromatic carbocycles. The molecule has 0 saturated carbocycles. The van der Waals surface area contributed by atoms with E-state index >= 15 is 0 Å². The molecule has 0 aliphatic heterocycles. The normalized spacial score (nSPS) is 11.8. The highest BCUT2D eigenvalue weighted by Crippen LogP contribution is 2.39. The monoisotopic (exact) mass is 567 g/mol. The van der Waals surface area contributed by atoms with Crippen molar-refractivity contribution < 1.29 is 31.9 Å². The summed E-state index contributed by atoms with van der Waals surface area (Å²) in [6.07, 6.45) is -5.00. The van der Waals surface area contributed by atoms with E-state index in [2.05, 4.69) is 5.32 Å². The minimum atomic E-state index is -5.00. The lowest BCUT2D eigenvalue weighted by Gasteiger charge is -2.20. The van der Waals surface area contributed by atoms with Crippen molar-refractivity contribution in [1.29, 1.82) is 0 Å². The van der Waals surface area contributed by atoms with Gasteiger partial charge in [0.15, 0.2) is 6.61 Å². The van der Waals surface area contributed by atoms with Gasteiger partial charge in [0, 0.05) is 11.8 Å². The first kappa shape index (κ1) is 29.7. The summed E-state index contributed by atoms with van der Waals surface area (Å²) >= 11 is 0. The van der Waals surface area contributed by atoms with Crippen molar-refractivity contribution in [2.45, 2.75) is 59.6 Å². The average Bonchev–Trinajstić information content (AvgIpc) is 2.87. The molecule has 0 unspecified atom stereocenters. The first-order chi connectivity index (χ1) is 19.2. The van der Waals surface area contributed by atoms with Crippen molar-refractivity contribution in [1.82, 2.24) is 0 Å². The highest BCUT2D eigenvalue weighted by atomic mass is 19.4. The number of hydrogen-bond donors (Lipinski definition) is 1. The van der Waals surface area contributed by atoms with Gasteiger partial charge in [-0.2, -0.15) is 13.2 Å². The molecule has 0 bridgehead atoms. The van der Waals surface area contributed by atoms with E-state index in [0.717, 1.165) is 34.0 Å². The fourth-order valence-electron chi connectivity index (χ4n) is 4.65. The molecule has 0 aliphatic rings. The minimum absolute atomic E-state index is 0.0631. The number of rotatable bonds is 8. The maximum Gasteiger partial charge on any atom is 0.453 e. The lowest BCUT2D eigenvalue weighted by molar-refractivity contribution is -0.154. The number of carbonyl (C=O) groups excluding carboxylic acids is 1. The fourth-order valence-corrected chi connectivity index (χ4v) is 4.65. The number of carbonyl (C=O) groups is 1. The van der Waals surface area contributed by atoms with Gasteiger partial charge >= 0.3 is 6.18 Å². The van der Waals surface area contributed by atoms with Gasteiger partial charge in [-0.05, 0) is 72.2 Å². The zero-order chi connectivity index (χ0) is 30.1. The van der Waals surface area contributed by atoms with E-state index in [-0.39, 0.29) is 34.3 Å². The Morgan fingerprint density at radius 3 is 2.07 bits per heavy atom. The maximum atomic E-state index is 14.0. The number of nitrogens with one attached hydrogen (secondary N) is 1. The van der Waals surface area contributed by atoms with Crippen LogP contribution in [0, 0.1) is 13.8 Å². The second-order valence-electron chi connectivity index (χ2n) is 10.6. The van der Waals surface area contributed by atoms with E-state index in [1.807, 2.05) is 52.0 Å². The molecule has 0 atom stereocenters. The molecular formula is C32H32F3NO5. The largest absolute Gasteiger partial charge is 0.484 e. The highest BCUT2D eigenvalue weighted by molar-refractivity contribution is 5.94. The number of halogens is 3. The molecular weight excluding hydrogens is 535 g/mol. The SMILES string of the molecule is Cc1cc(C)cc(Oc2c(C(F)(F)F)oc3cc(OCC(=O)Nc4c(C(C)C)cccc4C(C)C)ccc3c2=O)c1. The van der Waals surface area contributed by atoms with E-state index < -0.39 is 35.6 Å². The molecule has 216 valence electrons. The quantitative estimate of drug-likeness (QED) is 0.231. The Balaban J connectivity index is 1.62. The van der Waals surface area contributed by atoms with Crippen LogP contribution >= 0.6 is 0 Å². The number of ether oxygens (including phenoxy) is 2. The number of hydrogen-bond acceptors (Lipinski definition) is 5. The maximum absolute atomic E-state index is 14.0. The summed E-state index contributed by atoms with van der Waals surface area (Å²) in [6.45, 7) is 11.2. The van der Waals surface area contributed by atoms with Crippen LogP contribution < -0.4 is 20.2 Å².